The van der Waals surface area contributed by atoms with Crippen LogP contribution < -0.4 is 10.6 Å². The molecule has 43 heavy (non-hydrogen) atoms. The van der Waals surface area contributed by atoms with Gasteiger partial charge in [-0.05, 0) is 70.3 Å². The van der Waals surface area contributed by atoms with Gasteiger partial charge in [0.15, 0.2) is 0 Å². The summed E-state index contributed by atoms with van der Waals surface area (Å²) in [5.74, 6) is -0.120. The van der Waals surface area contributed by atoms with Crippen LogP contribution in [-0.4, -0.2) is 95.2 Å². The SMILES string of the molecule is CC[C@H](C)CNC(=O)[C@@H]1CCCN1C(=O)C(C)=C[C@H](C(C)C)N(C)C(=O)[C@@H](NC(=O)C1CCCCN1C(C)C)C(C)(C)C. The van der Waals surface area contributed by atoms with Gasteiger partial charge in [0, 0.05) is 31.8 Å². The smallest absolute Gasteiger partial charge is 0.249 e. The van der Waals surface area contributed by atoms with Gasteiger partial charge in [0.05, 0.1) is 12.1 Å². The van der Waals surface area contributed by atoms with Crippen molar-refractivity contribution in [2.24, 2.45) is 17.3 Å². The van der Waals surface area contributed by atoms with Crippen LogP contribution in [0.2, 0.25) is 0 Å². The summed E-state index contributed by atoms with van der Waals surface area (Å²) in [5.41, 5.74) is 0.00550. The Labute approximate surface area is 261 Å². The number of nitrogens with zero attached hydrogens (tertiary/aromatic N) is 3. The lowest BCUT2D eigenvalue weighted by Crippen LogP contribution is -2.60. The van der Waals surface area contributed by atoms with E-state index in [9.17, 15) is 19.2 Å². The molecule has 0 aliphatic carbocycles. The van der Waals surface area contributed by atoms with E-state index in [1.54, 1.807) is 23.8 Å². The molecule has 2 saturated heterocycles. The number of rotatable bonds is 12. The molecule has 2 aliphatic rings. The first-order chi connectivity index (χ1) is 20.0. The maximum Gasteiger partial charge on any atom is 0.249 e. The fourth-order valence-corrected chi connectivity index (χ4v) is 6.22. The zero-order chi connectivity index (χ0) is 32.6. The molecule has 5 atom stereocenters. The molecule has 0 saturated carbocycles. The van der Waals surface area contributed by atoms with E-state index in [1.807, 2.05) is 40.7 Å². The number of piperidine rings is 1. The lowest BCUT2D eigenvalue weighted by molar-refractivity contribution is -0.142. The number of likely N-dealkylation sites (N-methyl/N-ethyl adjacent to an activating group) is 1. The summed E-state index contributed by atoms with van der Waals surface area (Å²) in [7, 11) is 1.76. The van der Waals surface area contributed by atoms with Gasteiger partial charge in [-0.15, -0.1) is 0 Å². The fourth-order valence-electron chi connectivity index (χ4n) is 6.22. The van der Waals surface area contributed by atoms with Crippen molar-refractivity contribution in [1.29, 1.82) is 0 Å². The number of amides is 4. The standard InChI is InChI=1S/C34H61N5O4/c1-12-24(6)21-35-30(40)26-17-15-19-39(26)32(42)25(7)20-28(22(2)3)37(11)33(43)29(34(8,9)10)36-31(41)27-16-13-14-18-38(27)23(4)5/h20,22-24,26-29H,12-19,21H2,1-11H3,(H,35,40)(H,36,41)/t24-,26-,27?,28+,29+/m0/s1. The minimum absolute atomic E-state index is 0.0241. The number of hydrogen-bond donors (Lipinski definition) is 2. The lowest BCUT2D eigenvalue weighted by atomic mass is 9.84. The van der Waals surface area contributed by atoms with Crippen LogP contribution in [0.5, 0.6) is 0 Å². The second-order valence-corrected chi connectivity index (χ2v) is 14.6. The molecule has 2 aliphatic heterocycles. The van der Waals surface area contributed by atoms with Gasteiger partial charge in [-0.25, -0.2) is 0 Å². The van der Waals surface area contributed by atoms with Crippen LogP contribution in [0.25, 0.3) is 0 Å². The van der Waals surface area contributed by atoms with Gasteiger partial charge in [0.2, 0.25) is 23.6 Å². The average Bonchev–Trinajstić information content (AvgIpc) is 3.45. The molecule has 1 unspecified atom stereocenters. The summed E-state index contributed by atoms with van der Waals surface area (Å²) in [6.45, 7) is 22.2. The number of likely N-dealkylation sites (tertiary alicyclic amines) is 2. The molecular weight excluding hydrogens is 542 g/mol. The molecule has 9 heteroatoms. The molecule has 0 radical (unpaired) electrons. The summed E-state index contributed by atoms with van der Waals surface area (Å²) in [6.07, 6.45) is 7.15. The van der Waals surface area contributed by atoms with E-state index in [0.717, 1.165) is 38.6 Å². The number of nitrogens with one attached hydrogen (secondary N) is 2. The van der Waals surface area contributed by atoms with Gasteiger partial charge < -0.3 is 20.4 Å². The van der Waals surface area contributed by atoms with E-state index < -0.39 is 17.5 Å². The molecule has 0 aromatic heterocycles. The molecular formula is C34H61N5O4. The summed E-state index contributed by atoms with van der Waals surface area (Å²) in [5, 5.41) is 6.16. The highest BCUT2D eigenvalue weighted by Crippen LogP contribution is 2.27. The van der Waals surface area contributed by atoms with Gasteiger partial charge in [-0.1, -0.05) is 67.4 Å². The highest BCUT2D eigenvalue weighted by atomic mass is 16.2. The molecule has 4 amide bonds. The monoisotopic (exact) mass is 603 g/mol. The van der Waals surface area contributed by atoms with Crippen molar-refractivity contribution in [3.05, 3.63) is 11.6 Å². The first-order valence-corrected chi connectivity index (χ1v) is 16.6. The minimum Gasteiger partial charge on any atom is -0.354 e. The Morgan fingerprint density at radius 2 is 1.56 bits per heavy atom. The van der Waals surface area contributed by atoms with Gasteiger partial charge in [0.1, 0.15) is 12.1 Å². The zero-order valence-corrected chi connectivity index (χ0v) is 29.0. The van der Waals surface area contributed by atoms with E-state index in [4.69, 9.17) is 0 Å². The van der Waals surface area contributed by atoms with Crippen molar-refractivity contribution in [2.45, 2.75) is 138 Å². The van der Waals surface area contributed by atoms with Crippen LogP contribution in [0.3, 0.4) is 0 Å². The topological polar surface area (TPSA) is 102 Å². The second kappa shape index (κ2) is 16.1. The molecule has 2 heterocycles. The Morgan fingerprint density at radius 3 is 2.12 bits per heavy atom. The average molecular weight is 604 g/mol. The maximum atomic E-state index is 14.1. The van der Waals surface area contributed by atoms with Crippen LogP contribution in [0.15, 0.2) is 11.6 Å². The third kappa shape index (κ3) is 9.79. The Kier molecular flexibility index (Phi) is 13.7. The summed E-state index contributed by atoms with van der Waals surface area (Å²) in [4.78, 5) is 59.8. The molecule has 0 aromatic carbocycles. The van der Waals surface area contributed by atoms with Crippen molar-refractivity contribution in [2.75, 3.05) is 26.7 Å². The van der Waals surface area contributed by atoms with Crippen molar-refractivity contribution in [3.63, 3.8) is 0 Å². The van der Waals surface area contributed by atoms with Crippen LogP contribution in [-0.2, 0) is 19.2 Å². The molecule has 0 bridgehead atoms. The van der Waals surface area contributed by atoms with Crippen LogP contribution in [0, 0.1) is 17.3 Å². The van der Waals surface area contributed by atoms with Crippen LogP contribution in [0.4, 0.5) is 0 Å². The van der Waals surface area contributed by atoms with Crippen molar-refractivity contribution in [1.82, 2.24) is 25.3 Å². The molecule has 9 nitrogen and oxygen atoms in total. The zero-order valence-electron chi connectivity index (χ0n) is 29.0. The quantitative estimate of drug-likeness (QED) is 0.323. The largest absolute Gasteiger partial charge is 0.354 e. The fraction of sp³-hybridized carbons (Fsp3) is 0.824. The summed E-state index contributed by atoms with van der Waals surface area (Å²) >= 11 is 0. The third-order valence-electron chi connectivity index (χ3n) is 9.28. The second-order valence-electron chi connectivity index (χ2n) is 14.6. The van der Waals surface area contributed by atoms with Crippen molar-refractivity contribution < 1.29 is 19.2 Å². The minimum atomic E-state index is -0.719. The number of carbonyl (C=O) groups is 4. The molecule has 2 fully saturated rings. The predicted octanol–water partition coefficient (Wildman–Crippen LogP) is 4.36. The van der Waals surface area contributed by atoms with Crippen molar-refractivity contribution in [3.8, 4) is 0 Å². The highest BCUT2D eigenvalue weighted by Gasteiger charge is 2.40. The summed E-state index contributed by atoms with van der Waals surface area (Å²) < 4.78 is 0. The van der Waals surface area contributed by atoms with Gasteiger partial charge in [-0.3, -0.25) is 24.1 Å². The first kappa shape index (κ1) is 36.8. The van der Waals surface area contributed by atoms with Crippen LogP contribution >= 0.6 is 0 Å². The molecule has 0 spiro atoms. The van der Waals surface area contributed by atoms with Gasteiger partial charge in [-0.2, -0.15) is 0 Å². The normalized spacial score (nSPS) is 22.3. The van der Waals surface area contributed by atoms with Gasteiger partial charge in [0.25, 0.3) is 0 Å². The third-order valence-corrected chi connectivity index (χ3v) is 9.28. The summed E-state index contributed by atoms with van der Waals surface area (Å²) in [6, 6.07) is -1.54. The molecule has 246 valence electrons. The van der Waals surface area contributed by atoms with Crippen LogP contribution in [0.1, 0.15) is 108 Å². The molecule has 2 N–H and O–H groups in total. The van der Waals surface area contributed by atoms with E-state index >= 15 is 0 Å². The van der Waals surface area contributed by atoms with E-state index in [2.05, 4.69) is 43.2 Å². The van der Waals surface area contributed by atoms with E-state index in [0.29, 0.717) is 31.0 Å². The Morgan fingerprint density at radius 1 is 0.930 bits per heavy atom. The number of carbonyl (C=O) groups excluding carboxylic acids is 4. The lowest BCUT2D eigenvalue weighted by Gasteiger charge is -2.41. The Hall–Kier alpha value is -2.42. The van der Waals surface area contributed by atoms with E-state index in [1.165, 1.54) is 0 Å². The van der Waals surface area contributed by atoms with Gasteiger partial charge >= 0.3 is 0 Å². The first-order valence-electron chi connectivity index (χ1n) is 16.6. The highest BCUT2D eigenvalue weighted by molar-refractivity contribution is 5.97. The molecule has 2 rings (SSSR count). The Bertz CT molecular complexity index is 1000. The maximum absolute atomic E-state index is 14.1. The van der Waals surface area contributed by atoms with Crippen molar-refractivity contribution >= 4 is 23.6 Å². The predicted molar refractivity (Wildman–Crippen MR) is 173 cm³/mol. The molecule has 0 aromatic rings. The Balaban J connectivity index is 2.23. The number of hydrogen-bond acceptors (Lipinski definition) is 5. The van der Waals surface area contributed by atoms with E-state index in [-0.39, 0.29) is 47.7 Å².